The Morgan fingerprint density at radius 2 is 2.00 bits per heavy atom. The Morgan fingerprint density at radius 3 is 2.61 bits per heavy atom. The van der Waals surface area contributed by atoms with Crippen molar-refractivity contribution < 1.29 is 13.2 Å². The van der Waals surface area contributed by atoms with Crippen molar-refractivity contribution in [1.82, 2.24) is 4.31 Å². The van der Waals surface area contributed by atoms with Crippen LogP contribution in [0.15, 0.2) is 24.3 Å². The standard InChI is InChI=1S/C12H18ClNO3S/c1-3-10-18(15,16)14(2)8-9-17-12-7-5-4-6-11(12)13/h4-7H,3,8-10H2,1-2H3. The first-order chi connectivity index (χ1) is 8.47. The van der Waals surface area contributed by atoms with E-state index in [4.69, 9.17) is 16.3 Å². The highest BCUT2D eigenvalue weighted by atomic mass is 35.5. The van der Waals surface area contributed by atoms with E-state index in [-0.39, 0.29) is 12.4 Å². The molecule has 1 rings (SSSR count). The summed E-state index contributed by atoms with van der Waals surface area (Å²) in [5.74, 6) is 0.732. The Balaban J connectivity index is 2.45. The van der Waals surface area contributed by atoms with Crippen LogP contribution in [0, 0.1) is 0 Å². The first-order valence-corrected chi connectivity index (χ1v) is 7.77. The molecule has 0 aliphatic heterocycles. The highest BCUT2D eigenvalue weighted by Gasteiger charge is 2.16. The summed E-state index contributed by atoms with van der Waals surface area (Å²) >= 11 is 5.92. The Bertz CT molecular complexity index is 476. The summed E-state index contributed by atoms with van der Waals surface area (Å²) in [6.07, 6.45) is 0.609. The Labute approximate surface area is 114 Å². The third kappa shape index (κ3) is 4.48. The molecule has 0 bridgehead atoms. The predicted octanol–water partition coefficient (Wildman–Crippen LogP) is 2.39. The van der Waals surface area contributed by atoms with Crippen LogP contribution in [-0.2, 0) is 10.0 Å². The van der Waals surface area contributed by atoms with Gasteiger partial charge in [0.25, 0.3) is 0 Å². The molecule has 0 unspecified atom stereocenters. The molecule has 0 heterocycles. The number of sulfonamides is 1. The molecule has 0 spiro atoms. The van der Waals surface area contributed by atoms with E-state index in [1.54, 1.807) is 19.2 Å². The van der Waals surface area contributed by atoms with Crippen molar-refractivity contribution in [3.05, 3.63) is 29.3 Å². The maximum Gasteiger partial charge on any atom is 0.213 e. The molecule has 0 saturated heterocycles. The molecule has 102 valence electrons. The van der Waals surface area contributed by atoms with E-state index in [2.05, 4.69) is 0 Å². The second-order valence-corrected chi connectivity index (χ2v) is 6.52. The lowest BCUT2D eigenvalue weighted by atomic mass is 10.3. The molecule has 0 N–H and O–H groups in total. The molecule has 0 amide bonds. The third-order valence-corrected chi connectivity index (χ3v) is 4.81. The number of nitrogens with zero attached hydrogens (tertiary/aromatic N) is 1. The number of halogens is 1. The van der Waals surface area contributed by atoms with Crippen LogP contribution in [0.5, 0.6) is 5.75 Å². The van der Waals surface area contributed by atoms with Gasteiger partial charge in [-0.3, -0.25) is 0 Å². The van der Waals surface area contributed by atoms with Crippen LogP contribution >= 0.6 is 11.6 Å². The summed E-state index contributed by atoms with van der Waals surface area (Å²) in [5, 5.41) is 0.525. The molecular formula is C12H18ClNO3S. The summed E-state index contributed by atoms with van der Waals surface area (Å²) in [5.41, 5.74) is 0. The highest BCUT2D eigenvalue weighted by Crippen LogP contribution is 2.22. The van der Waals surface area contributed by atoms with E-state index in [0.29, 0.717) is 23.7 Å². The number of ether oxygens (including phenoxy) is 1. The van der Waals surface area contributed by atoms with Crippen LogP contribution < -0.4 is 4.74 Å². The maximum atomic E-state index is 11.7. The van der Waals surface area contributed by atoms with E-state index in [1.165, 1.54) is 4.31 Å². The Kier molecular flexibility index (Phi) is 5.91. The van der Waals surface area contributed by atoms with Gasteiger partial charge in [0.05, 0.1) is 10.8 Å². The van der Waals surface area contributed by atoms with Crippen molar-refractivity contribution in [1.29, 1.82) is 0 Å². The molecule has 0 aromatic heterocycles. The van der Waals surface area contributed by atoms with Gasteiger partial charge in [0.1, 0.15) is 12.4 Å². The van der Waals surface area contributed by atoms with Gasteiger partial charge < -0.3 is 4.74 Å². The fourth-order valence-corrected chi connectivity index (χ4v) is 2.77. The van der Waals surface area contributed by atoms with Gasteiger partial charge in [0.2, 0.25) is 10.0 Å². The number of para-hydroxylation sites is 1. The van der Waals surface area contributed by atoms with Crippen molar-refractivity contribution in [2.75, 3.05) is 26.0 Å². The zero-order valence-electron chi connectivity index (χ0n) is 10.6. The molecule has 1 aromatic carbocycles. The number of hydrogen-bond donors (Lipinski definition) is 0. The molecule has 4 nitrogen and oxygen atoms in total. The summed E-state index contributed by atoms with van der Waals surface area (Å²) < 4.78 is 30.1. The van der Waals surface area contributed by atoms with Crippen LogP contribution in [0.2, 0.25) is 5.02 Å². The summed E-state index contributed by atoms with van der Waals surface area (Å²) in [6, 6.07) is 7.11. The first-order valence-electron chi connectivity index (χ1n) is 5.78. The molecule has 0 saturated carbocycles. The second kappa shape index (κ2) is 6.97. The van der Waals surface area contributed by atoms with Gasteiger partial charge in [-0.2, -0.15) is 0 Å². The third-order valence-electron chi connectivity index (χ3n) is 2.44. The van der Waals surface area contributed by atoms with Crippen LogP contribution in [-0.4, -0.2) is 38.7 Å². The molecular weight excluding hydrogens is 274 g/mol. The van der Waals surface area contributed by atoms with Gasteiger partial charge in [-0.1, -0.05) is 30.7 Å². The van der Waals surface area contributed by atoms with Crippen LogP contribution in [0.3, 0.4) is 0 Å². The second-order valence-electron chi connectivity index (χ2n) is 3.92. The number of benzene rings is 1. The molecule has 0 fully saturated rings. The maximum absolute atomic E-state index is 11.7. The van der Waals surface area contributed by atoms with Gasteiger partial charge >= 0.3 is 0 Å². The zero-order valence-corrected chi connectivity index (χ0v) is 12.2. The monoisotopic (exact) mass is 291 g/mol. The predicted molar refractivity (Wildman–Crippen MR) is 73.7 cm³/mol. The zero-order chi connectivity index (χ0) is 13.6. The Morgan fingerprint density at radius 1 is 1.33 bits per heavy atom. The van der Waals surface area contributed by atoms with Gasteiger partial charge in [0.15, 0.2) is 0 Å². The average Bonchev–Trinajstić information content (AvgIpc) is 2.31. The fraction of sp³-hybridized carbons (Fsp3) is 0.500. The topological polar surface area (TPSA) is 46.6 Å². The highest BCUT2D eigenvalue weighted by molar-refractivity contribution is 7.89. The quantitative estimate of drug-likeness (QED) is 0.775. The van der Waals surface area contributed by atoms with Crippen molar-refractivity contribution in [3.63, 3.8) is 0 Å². The number of likely N-dealkylation sites (N-methyl/N-ethyl adjacent to an activating group) is 1. The molecule has 0 aliphatic carbocycles. The largest absolute Gasteiger partial charge is 0.491 e. The number of rotatable bonds is 7. The molecule has 18 heavy (non-hydrogen) atoms. The average molecular weight is 292 g/mol. The van der Waals surface area contributed by atoms with Crippen LogP contribution in [0.1, 0.15) is 13.3 Å². The van der Waals surface area contributed by atoms with Crippen molar-refractivity contribution in [3.8, 4) is 5.75 Å². The minimum atomic E-state index is -3.15. The summed E-state index contributed by atoms with van der Waals surface area (Å²) in [4.78, 5) is 0. The number of hydrogen-bond acceptors (Lipinski definition) is 3. The SMILES string of the molecule is CCCS(=O)(=O)N(C)CCOc1ccccc1Cl. The van der Waals surface area contributed by atoms with E-state index in [0.717, 1.165) is 0 Å². The van der Waals surface area contributed by atoms with Gasteiger partial charge in [0, 0.05) is 13.6 Å². The minimum Gasteiger partial charge on any atom is -0.491 e. The molecule has 6 heteroatoms. The lowest BCUT2D eigenvalue weighted by molar-refractivity contribution is 0.287. The summed E-state index contributed by atoms with van der Waals surface area (Å²) in [7, 11) is -1.60. The van der Waals surface area contributed by atoms with Crippen LogP contribution in [0.25, 0.3) is 0 Å². The lowest BCUT2D eigenvalue weighted by Gasteiger charge is -2.17. The Hall–Kier alpha value is -0.780. The van der Waals surface area contributed by atoms with Crippen LogP contribution in [0.4, 0.5) is 0 Å². The van der Waals surface area contributed by atoms with Crippen molar-refractivity contribution in [2.45, 2.75) is 13.3 Å². The fourth-order valence-electron chi connectivity index (χ4n) is 1.40. The van der Waals surface area contributed by atoms with Crippen molar-refractivity contribution >= 4 is 21.6 Å². The minimum absolute atomic E-state index is 0.162. The first kappa shape index (κ1) is 15.3. The van der Waals surface area contributed by atoms with E-state index < -0.39 is 10.0 Å². The smallest absolute Gasteiger partial charge is 0.213 e. The van der Waals surface area contributed by atoms with E-state index >= 15 is 0 Å². The molecule has 1 aromatic rings. The molecule has 0 aliphatic rings. The molecule has 0 radical (unpaired) electrons. The van der Waals surface area contributed by atoms with Crippen molar-refractivity contribution in [2.24, 2.45) is 0 Å². The van der Waals surface area contributed by atoms with E-state index in [1.807, 2.05) is 19.1 Å². The van der Waals surface area contributed by atoms with Gasteiger partial charge in [-0.05, 0) is 18.6 Å². The molecule has 0 atom stereocenters. The van der Waals surface area contributed by atoms with E-state index in [9.17, 15) is 8.42 Å². The van der Waals surface area contributed by atoms with Gasteiger partial charge in [-0.15, -0.1) is 0 Å². The summed E-state index contributed by atoms with van der Waals surface area (Å²) in [6.45, 7) is 2.43. The normalized spacial score (nSPS) is 11.8. The van der Waals surface area contributed by atoms with Gasteiger partial charge in [-0.25, -0.2) is 12.7 Å². The lowest BCUT2D eigenvalue weighted by Crippen LogP contribution is -2.32.